The second kappa shape index (κ2) is 5.03. The largest absolute Gasteiger partial charge is 0.303 e. The van der Waals surface area contributed by atoms with Gasteiger partial charge in [0.2, 0.25) is 0 Å². The molecule has 0 spiro atoms. The Morgan fingerprint density at radius 2 is 2.27 bits per heavy atom. The smallest absolute Gasteiger partial charge is 0.0794 e. The number of hydrogen-bond donors (Lipinski definition) is 2. The normalized spacial score (nSPS) is 14.5. The molecule has 1 rings (SSSR count). The van der Waals surface area contributed by atoms with E-state index in [4.69, 9.17) is 5.84 Å². The average molecular weight is 228 g/mol. The molecule has 0 bridgehead atoms. The van der Waals surface area contributed by atoms with Gasteiger partial charge in [-0.2, -0.15) is 0 Å². The van der Waals surface area contributed by atoms with E-state index in [1.165, 1.54) is 4.88 Å². The Morgan fingerprint density at radius 3 is 2.67 bits per heavy atom. The topological polar surface area (TPSA) is 54.2 Å². The first-order chi connectivity index (χ1) is 6.98. The molecule has 0 fully saturated rings. The van der Waals surface area contributed by atoms with E-state index in [9.17, 15) is 0 Å². The van der Waals surface area contributed by atoms with Gasteiger partial charge in [-0.05, 0) is 27.9 Å². The third-order valence-corrected chi connectivity index (χ3v) is 3.90. The Bertz CT molecular complexity index is 282. The van der Waals surface area contributed by atoms with Crippen LogP contribution in [0.2, 0.25) is 0 Å². The number of hydrazine groups is 1. The minimum atomic E-state index is 0.0126. The zero-order chi connectivity index (χ0) is 11.5. The van der Waals surface area contributed by atoms with Crippen LogP contribution >= 0.6 is 11.3 Å². The molecule has 4 nitrogen and oxygen atoms in total. The van der Waals surface area contributed by atoms with Crippen molar-refractivity contribution in [2.75, 3.05) is 14.1 Å². The van der Waals surface area contributed by atoms with Crippen molar-refractivity contribution >= 4 is 11.3 Å². The number of nitrogens with zero attached hydrogens (tertiary/aromatic N) is 2. The van der Waals surface area contributed by atoms with Gasteiger partial charge in [-0.25, -0.2) is 0 Å². The van der Waals surface area contributed by atoms with E-state index in [-0.39, 0.29) is 11.6 Å². The fraction of sp³-hybridized carbons (Fsp3) is 0.700. The van der Waals surface area contributed by atoms with Gasteiger partial charge in [0.15, 0.2) is 0 Å². The highest BCUT2D eigenvalue weighted by Crippen LogP contribution is 2.20. The van der Waals surface area contributed by atoms with Crippen LogP contribution in [0.15, 0.2) is 11.7 Å². The maximum Gasteiger partial charge on any atom is 0.0794 e. The number of nitrogens with two attached hydrogens (primary N) is 1. The van der Waals surface area contributed by atoms with Crippen LogP contribution in [-0.4, -0.2) is 35.6 Å². The predicted molar refractivity (Wildman–Crippen MR) is 64.7 cm³/mol. The van der Waals surface area contributed by atoms with E-state index in [2.05, 4.69) is 43.3 Å². The van der Waals surface area contributed by atoms with Gasteiger partial charge in [0.05, 0.1) is 5.51 Å². The zero-order valence-corrected chi connectivity index (χ0v) is 10.6. The van der Waals surface area contributed by atoms with Crippen molar-refractivity contribution in [1.82, 2.24) is 15.3 Å². The molecule has 0 saturated heterocycles. The second-order valence-electron chi connectivity index (χ2n) is 4.44. The van der Waals surface area contributed by atoms with Crippen LogP contribution in [0.5, 0.6) is 0 Å². The Hall–Kier alpha value is -0.490. The molecule has 1 heterocycles. The summed E-state index contributed by atoms with van der Waals surface area (Å²) in [6, 6.07) is 0.216. The highest BCUT2D eigenvalue weighted by Gasteiger charge is 2.31. The monoisotopic (exact) mass is 228 g/mol. The van der Waals surface area contributed by atoms with Gasteiger partial charge in [0.25, 0.3) is 0 Å². The Kier molecular flexibility index (Phi) is 4.21. The summed E-state index contributed by atoms with van der Waals surface area (Å²) in [5.41, 5.74) is 4.76. The molecule has 86 valence electrons. The van der Waals surface area contributed by atoms with Gasteiger partial charge in [-0.1, -0.05) is 0 Å². The molecule has 0 saturated carbocycles. The number of thiazole rings is 1. The van der Waals surface area contributed by atoms with Gasteiger partial charge in [0.1, 0.15) is 0 Å². The minimum Gasteiger partial charge on any atom is -0.303 e. The molecule has 0 amide bonds. The van der Waals surface area contributed by atoms with Crippen molar-refractivity contribution in [3.8, 4) is 0 Å². The van der Waals surface area contributed by atoms with Crippen LogP contribution in [0.4, 0.5) is 0 Å². The summed E-state index contributed by atoms with van der Waals surface area (Å²) in [6.45, 7) is 4.36. The maximum atomic E-state index is 5.62. The molecule has 0 aliphatic carbocycles. The molecule has 1 aromatic heterocycles. The third kappa shape index (κ3) is 2.98. The number of rotatable bonds is 5. The van der Waals surface area contributed by atoms with E-state index in [1.54, 1.807) is 11.3 Å². The quantitative estimate of drug-likeness (QED) is 0.580. The first kappa shape index (κ1) is 12.6. The van der Waals surface area contributed by atoms with Crippen LogP contribution in [-0.2, 0) is 6.42 Å². The maximum absolute atomic E-state index is 5.62. The van der Waals surface area contributed by atoms with Gasteiger partial charge < -0.3 is 4.90 Å². The summed E-state index contributed by atoms with van der Waals surface area (Å²) in [6.07, 6.45) is 2.81. The molecular formula is C10H20N4S. The van der Waals surface area contributed by atoms with E-state index in [1.807, 2.05) is 11.7 Å². The van der Waals surface area contributed by atoms with Gasteiger partial charge in [0, 0.05) is 29.1 Å². The minimum absolute atomic E-state index is 0.0126. The van der Waals surface area contributed by atoms with E-state index in [0.29, 0.717) is 0 Å². The lowest BCUT2D eigenvalue weighted by atomic mass is 9.91. The van der Waals surface area contributed by atoms with Crippen LogP contribution in [0, 0.1) is 0 Å². The van der Waals surface area contributed by atoms with Gasteiger partial charge >= 0.3 is 0 Å². The van der Waals surface area contributed by atoms with Crippen molar-refractivity contribution in [1.29, 1.82) is 0 Å². The van der Waals surface area contributed by atoms with Crippen molar-refractivity contribution in [2.24, 2.45) is 5.84 Å². The average Bonchev–Trinajstić information content (AvgIpc) is 2.65. The summed E-state index contributed by atoms with van der Waals surface area (Å²) >= 11 is 1.67. The van der Waals surface area contributed by atoms with Gasteiger partial charge in [-0.3, -0.25) is 16.3 Å². The summed E-state index contributed by atoms with van der Waals surface area (Å²) in [4.78, 5) is 7.51. The summed E-state index contributed by atoms with van der Waals surface area (Å²) in [5.74, 6) is 5.62. The molecule has 5 heteroatoms. The molecule has 1 unspecified atom stereocenters. The molecule has 15 heavy (non-hydrogen) atoms. The number of aromatic nitrogens is 1. The van der Waals surface area contributed by atoms with Gasteiger partial charge in [-0.15, -0.1) is 11.3 Å². The molecule has 0 aliphatic heterocycles. The number of hydrogen-bond acceptors (Lipinski definition) is 5. The van der Waals surface area contributed by atoms with Crippen LogP contribution in [0.1, 0.15) is 18.7 Å². The Balaban J connectivity index is 2.71. The SMILES string of the molecule is CN(C)C(C)(C)C(Cc1cncs1)NN. The molecule has 0 aliphatic rings. The fourth-order valence-electron chi connectivity index (χ4n) is 1.37. The lowest BCUT2D eigenvalue weighted by Crippen LogP contribution is -2.58. The lowest BCUT2D eigenvalue weighted by molar-refractivity contribution is 0.138. The summed E-state index contributed by atoms with van der Waals surface area (Å²) in [7, 11) is 4.13. The van der Waals surface area contributed by atoms with E-state index < -0.39 is 0 Å². The third-order valence-electron chi connectivity index (χ3n) is 3.10. The van der Waals surface area contributed by atoms with Crippen LogP contribution in [0.3, 0.4) is 0 Å². The highest BCUT2D eigenvalue weighted by atomic mass is 32.1. The van der Waals surface area contributed by atoms with Crippen molar-refractivity contribution in [2.45, 2.75) is 31.8 Å². The Labute approximate surface area is 95.5 Å². The molecule has 1 atom stereocenters. The van der Waals surface area contributed by atoms with Crippen LogP contribution < -0.4 is 11.3 Å². The van der Waals surface area contributed by atoms with Crippen molar-refractivity contribution in [3.63, 3.8) is 0 Å². The fourth-order valence-corrected chi connectivity index (χ4v) is 2.01. The second-order valence-corrected chi connectivity index (χ2v) is 5.41. The standard InChI is InChI=1S/C10H20N4S/c1-10(2,14(3)4)9(13-11)5-8-6-12-7-15-8/h6-7,9,13H,5,11H2,1-4H3. The highest BCUT2D eigenvalue weighted by molar-refractivity contribution is 7.09. The first-order valence-electron chi connectivity index (χ1n) is 4.99. The summed E-state index contributed by atoms with van der Waals surface area (Å²) < 4.78 is 0. The van der Waals surface area contributed by atoms with Crippen molar-refractivity contribution < 1.29 is 0 Å². The summed E-state index contributed by atoms with van der Waals surface area (Å²) in [5, 5.41) is 0. The number of likely N-dealkylation sites (N-methyl/N-ethyl adjacent to an activating group) is 1. The van der Waals surface area contributed by atoms with E-state index >= 15 is 0 Å². The Morgan fingerprint density at radius 1 is 1.60 bits per heavy atom. The first-order valence-corrected chi connectivity index (χ1v) is 5.87. The van der Waals surface area contributed by atoms with Crippen molar-refractivity contribution in [3.05, 3.63) is 16.6 Å². The lowest BCUT2D eigenvalue weighted by Gasteiger charge is -2.39. The molecule has 1 aromatic rings. The molecule has 0 aromatic carbocycles. The molecule has 0 radical (unpaired) electrons. The number of nitrogens with one attached hydrogen (secondary N) is 1. The zero-order valence-electron chi connectivity index (χ0n) is 9.82. The molecular weight excluding hydrogens is 208 g/mol. The predicted octanol–water partition coefficient (Wildman–Crippen LogP) is 0.858. The van der Waals surface area contributed by atoms with E-state index in [0.717, 1.165) is 6.42 Å². The molecule has 3 N–H and O–H groups in total. The van der Waals surface area contributed by atoms with Crippen LogP contribution in [0.25, 0.3) is 0 Å².